The molecule has 1 amide bonds. The molecule has 0 bridgehead atoms. The standard InChI is InChI=1S/C25H31NO2/c1-18(2)16-20-8-10-21(11-9-20)25(28)22-12-14-26(15-13-22)24(27)17-23-7-5-4-6-19(23)3/h4-11,18,22H,12-17H2,1-3H3. The Morgan fingerprint density at radius 2 is 1.64 bits per heavy atom. The van der Waals surface area contributed by atoms with Gasteiger partial charge in [-0.05, 0) is 48.8 Å². The predicted molar refractivity (Wildman–Crippen MR) is 114 cm³/mol. The van der Waals surface area contributed by atoms with E-state index in [0.29, 0.717) is 25.4 Å². The third-order valence-electron chi connectivity index (χ3n) is 5.70. The summed E-state index contributed by atoms with van der Waals surface area (Å²) in [6.07, 6.45) is 3.00. The Labute approximate surface area is 168 Å². The highest BCUT2D eigenvalue weighted by Gasteiger charge is 2.28. The van der Waals surface area contributed by atoms with Crippen molar-refractivity contribution >= 4 is 11.7 Å². The van der Waals surface area contributed by atoms with Gasteiger partial charge < -0.3 is 4.90 Å². The highest BCUT2D eigenvalue weighted by Crippen LogP contribution is 2.23. The van der Waals surface area contributed by atoms with Crippen LogP contribution in [0.2, 0.25) is 0 Å². The van der Waals surface area contributed by atoms with E-state index in [1.54, 1.807) is 0 Å². The molecule has 1 aliphatic rings. The first-order valence-corrected chi connectivity index (χ1v) is 10.4. The summed E-state index contributed by atoms with van der Waals surface area (Å²) in [4.78, 5) is 27.4. The van der Waals surface area contributed by atoms with E-state index in [1.807, 2.05) is 48.2 Å². The summed E-state index contributed by atoms with van der Waals surface area (Å²) in [5.41, 5.74) is 4.33. The third kappa shape index (κ3) is 5.09. The fourth-order valence-corrected chi connectivity index (χ4v) is 3.99. The highest BCUT2D eigenvalue weighted by molar-refractivity contribution is 5.98. The van der Waals surface area contributed by atoms with Crippen molar-refractivity contribution in [2.24, 2.45) is 11.8 Å². The van der Waals surface area contributed by atoms with Gasteiger partial charge in [-0.1, -0.05) is 62.4 Å². The molecule has 2 aromatic rings. The number of nitrogens with zero attached hydrogens (tertiary/aromatic N) is 1. The smallest absolute Gasteiger partial charge is 0.226 e. The zero-order valence-electron chi connectivity index (χ0n) is 17.3. The van der Waals surface area contributed by atoms with Crippen LogP contribution in [0, 0.1) is 18.8 Å². The molecule has 2 aromatic carbocycles. The first kappa shape index (κ1) is 20.3. The second-order valence-electron chi connectivity index (χ2n) is 8.42. The van der Waals surface area contributed by atoms with Gasteiger partial charge in [0.05, 0.1) is 6.42 Å². The van der Waals surface area contributed by atoms with Crippen LogP contribution in [0.4, 0.5) is 0 Å². The van der Waals surface area contributed by atoms with Crippen molar-refractivity contribution < 1.29 is 9.59 Å². The maximum atomic E-state index is 12.8. The normalized spacial score (nSPS) is 15.1. The minimum Gasteiger partial charge on any atom is -0.342 e. The number of aryl methyl sites for hydroxylation is 1. The quantitative estimate of drug-likeness (QED) is 0.674. The molecule has 28 heavy (non-hydrogen) atoms. The van der Waals surface area contributed by atoms with Gasteiger partial charge in [-0.3, -0.25) is 9.59 Å². The summed E-state index contributed by atoms with van der Waals surface area (Å²) in [7, 11) is 0. The van der Waals surface area contributed by atoms with Gasteiger partial charge in [0.25, 0.3) is 0 Å². The van der Waals surface area contributed by atoms with Crippen LogP contribution in [0.5, 0.6) is 0 Å². The van der Waals surface area contributed by atoms with Crippen LogP contribution in [0.1, 0.15) is 53.7 Å². The number of benzene rings is 2. The van der Waals surface area contributed by atoms with Crippen LogP contribution in [-0.2, 0) is 17.6 Å². The van der Waals surface area contributed by atoms with Gasteiger partial charge in [-0.2, -0.15) is 0 Å². The van der Waals surface area contributed by atoms with Gasteiger partial charge in [0, 0.05) is 24.6 Å². The van der Waals surface area contributed by atoms with E-state index in [4.69, 9.17) is 0 Å². The largest absolute Gasteiger partial charge is 0.342 e. The van der Waals surface area contributed by atoms with E-state index in [2.05, 4.69) is 26.0 Å². The summed E-state index contributed by atoms with van der Waals surface area (Å²) >= 11 is 0. The predicted octanol–water partition coefficient (Wildman–Crippen LogP) is 4.86. The van der Waals surface area contributed by atoms with E-state index < -0.39 is 0 Å². The molecule has 0 aromatic heterocycles. The average molecular weight is 378 g/mol. The summed E-state index contributed by atoms with van der Waals surface area (Å²) in [6, 6.07) is 16.1. The van der Waals surface area contributed by atoms with Crippen LogP contribution in [0.15, 0.2) is 48.5 Å². The number of hydrogen-bond donors (Lipinski definition) is 0. The highest BCUT2D eigenvalue weighted by atomic mass is 16.2. The third-order valence-corrected chi connectivity index (χ3v) is 5.70. The Bertz CT molecular complexity index is 815. The van der Waals surface area contributed by atoms with Crippen LogP contribution in [0.3, 0.4) is 0 Å². The lowest BCUT2D eigenvalue weighted by Gasteiger charge is -2.31. The maximum absolute atomic E-state index is 12.8. The van der Waals surface area contributed by atoms with E-state index >= 15 is 0 Å². The topological polar surface area (TPSA) is 37.4 Å². The van der Waals surface area contributed by atoms with Crippen molar-refractivity contribution in [1.82, 2.24) is 4.90 Å². The van der Waals surface area contributed by atoms with Crippen LogP contribution < -0.4 is 0 Å². The van der Waals surface area contributed by atoms with Gasteiger partial charge in [0.15, 0.2) is 5.78 Å². The van der Waals surface area contributed by atoms with Crippen LogP contribution >= 0.6 is 0 Å². The molecule has 0 N–H and O–H groups in total. The lowest BCUT2D eigenvalue weighted by Crippen LogP contribution is -2.41. The second-order valence-corrected chi connectivity index (χ2v) is 8.42. The van der Waals surface area contributed by atoms with Crippen molar-refractivity contribution in [1.29, 1.82) is 0 Å². The van der Waals surface area contributed by atoms with E-state index in [1.165, 1.54) is 5.56 Å². The Hall–Kier alpha value is -2.42. The molecular weight excluding hydrogens is 346 g/mol. The maximum Gasteiger partial charge on any atom is 0.226 e. The molecule has 0 saturated carbocycles. The van der Waals surface area contributed by atoms with E-state index in [-0.39, 0.29) is 17.6 Å². The molecule has 0 atom stereocenters. The van der Waals surface area contributed by atoms with Gasteiger partial charge in [-0.25, -0.2) is 0 Å². The van der Waals surface area contributed by atoms with Crippen molar-refractivity contribution in [3.63, 3.8) is 0 Å². The molecule has 3 heteroatoms. The molecule has 3 rings (SSSR count). The first-order valence-electron chi connectivity index (χ1n) is 10.4. The molecule has 0 radical (unpaired) electrons. The molecule has 1 fully saturated rings. The molecule has 0 spiro atoms. The van der Waals surface area contributed by atoms with Crippen molar-refractivity contribution in [3.05, 3.63) is 70.8 Å². The number of ketones is 1. The number of carbonyl (C=O) groups excluding carboxylic acids is 2. The minimum absolute atomic E-state index is 0.0264. The molecule has 1 saturated heterocycles. The number of carbonyl (C=O) groups is 2. The fourth-order valence-electron chi connectivity index (χ4n) is 3.99. The number of rotatable bonds is 6. The average Bonchev–Trinajstić information content (AvgIpc) is 2.69. The van der Waals surface area contributed by atoms with Crippen molar-refractivity contribution in [2.75, 3.05) is 13.1 Å². The summed E-state index contributed by atoms with van der Waals surface area (Å²) < 4.78 is 0. The molecule has 1 heterocycles. The summed E-state index contributed by atoms with van der Waals surface area (Å²) in [6.45, 7) is 7.79. The Balaban J connectivity index is 1.53. The first-order chi connectivity index (χ1) is 13.4. The van der Waals surface area contributed by atoms with Crippen molar-refractivity contribution in [2.45, 2.75) is 46.5 Å². The SMILES string of the molecule is Cc1ccccc1CC(=O)N1CCC(C(=O)c2ccc(CC(C)C)cc2)CC1. The van der Waals surface area contributed by atoms with Gasteiger partial charge in [0.1, 0.15) is 0 Å². The van der Waals surface area contributed by atoms with Gasteiger partial charge in [0.2, 0.25) is 5.91 Å². The molecule has 0 aliphatic carbocycles. The number of piperidine rings is 1. The van der Waals surface area contributed by atoms with Crippen LogP contribution in [-0.4, -0.2) is 29.7 Å². The number of amides is 1. The summed E-state index contributed by atoms with van der Waals surface area (Å²) in [5, 5.41) is 0. The number of Topliss-reactive ketones (excluding diaryl/α,β-unsaturated/α-hetero) is 1. The fraction of sp³-hybridized carbons (Fsp3) is 0.440. The Morgan fingerprint density at radius 3 is 2.25 bits per heavy atom. The summed E-state index contributed by atoms with van der Waals surface area (Å²) in [5.74, 6) is 1.03. The van der Waals surface area contributed by atoms with Crippen LogP contribution in [0.25, 0.3) is 0 Å². The number of hydrogen-bond acceptors (Lipinski definition) is 2. The molecular formula is C25H31NO2. The lowest BCUT2D eigenvalue weighted by atomic mass is 9.88. The van der Waals surface area contributed by atoms with E-state index in [0.717, 1.165) is 36.0 Å². The number of likely N-dealkylation sites (tertiary alicyclic amines) is 1. The van der Waals surface area contributed by atoms with Gasteiger partial charge in [-0.15, -0.1) is 0 Å². The van der Waals surface area contributed by atoms with Crippen molar-refractivity contribution in [3.8, 4) is 0 Å². The van der Waals surface area contributed by atoms with Gasteiger partial charge >= 0.3 is 0 Å². The molecule has 0 unspecified atom stereocenters. The Morgan fingerprint density at radius 1 is 1.00 bits per heavy atom. The monoisotopic (exact) mass is 377 g/mol. The zero-order valence-corrected chi connectivity index (χ0v) is 17.3. The lowest BCUT2D eigenvalue weighted by molar-refractivity contribution is -0.131. The van der Waals surface area contributed by atoms with E-state index in [9.17, 15) is 9.59 Å². The second kappa shape index (κ2) is 9.18. The Kier molecular flexibility index (Phi) is 6.66. The zero-order chi connectivity index (χ0) is 20.1. The molecule has 1 aliphatic heterocycles. The molecule has 3 nitrogen and oxygen atoms in total. The minimum atomic E-state index is 0.0264. The molecule has 148 valence electrons.